The van der Waals surface area contributed by atoms with E-state index >= 15 is 0 Å². The topological polar surface area (TPSA) is 65.2 Å². The molecule has 4 nitrogen and oxygen atoms in total. The lowest BCUT2D eigenvalue weighted by molar-refractivity contribution is 0.0607. The Morgan fingerprint density at radius 1 is 1.39 bits per heavy atom. The van der Waals surface area contributed by atoms with Crippen molar-refractivity contribution in [2.45, 2.75) is 0 Å². The third-order valence-electron chi connectivity index (χ3n) is 2.84. The summed E-state index contributed by atoms with van der Waals surface area (Å²) in [4.78, 5) is 16.4. The molecule has 0 unspecified atom stereocenters. The van der Waals surface area contributed by atoms with E-state index in [1.807, 2.05) is 24.3 Å². The fourth-order valence-corrected chi connectivity index (χ4v) is 3.07. The summed E-state index contributed by atoms with van der Waals surface area (Å²) in [5, 5.41) is 1.84. The van der Waals surface area contributed by atoms with Crippen LogP contribution < -0.4 is 5.73 Å². The van der Waals surface area contributed by atoms with Gasteiger partial charge in [0.2, 0.25) is 0 Å². The molecule has 0 aliphatic carbocycles. The molecular formula is C13H10N2O2S. The fraction of sp³-hybridized carbons (Fsp3) is 0.0769. The Kier molecular flexibility index (Phi) is 2.41. The van der Waals surface area contributed by atoms with Crippen molar-refractivity contribution in [2.75, 3.05) is 12.8 Å². The second-order valence-electron chi connectivity index (χ2n) is 3.85. The minimum absolute atomic E-state index is 0.397. The number of nitrogens with zero attached hydrogens (tertiary/aromatic N) is 1. The SMILES string of the molecule is COC(=O)c1sc2ccc3ncccc3c2c1N. The van der Waals surface area contributed by atoms with Gasteiger partial charge in [0.25, 0.3) is 0 Å². The number of nitrogens with two attached hydrogens (primary N) is 1. The average molecular weight is 258 g/mol. The first kappa shape index (κ1) is 11.0. The molecule has 2 aromatic heterocycles. The first-order valence-corrected chi connectivity index (χ1v) is 6.18. The Labute approximate surface area is 107 Å². The lowest BCUT2D eigenvalue weighted by Crippen LogP contribution is -2.01. The molecule has 0 amide bonds. The molecule has 90 valence electrons. The number of methoxy groups -OCH3 is 1. The van der Waals surface area contributed by atoms with Gasteiger partial charge in [0, 0.05) is 21.7 Å². The summed E-state index contributed by atoms with van der Waals surface area (Å²) in [6.07, 6.45) is 1.73. The van der Waals surface area contributed by atoms with E-state index in [0.29, 0.717) is 10.6 Å². The molecule has 3 rings (SSSR count). The molecule has 0 saturated heterocycles. The van der Waals surface area contributed by atoms with Crippen molar-refractivity contribution < 1.29 is 9.53 Å². The summed E-state index contributed by atoms with van der Waals surface area (Å²) >= 11 is 1.34. The van der Waals surface area contributed by atoms with Crippen LogP contribution in [0.25, 0.3) is 21.0 Å². The molecule has 0 atom stereocenters. The van der Waals surface area contributed by atoms with Gasteiger partial charge >= 0.3 is 5.97 Å². The van der Waals surface area contributed by atoms with Gasteiger partial charge in [-0.3, -0.25) is 4.98 Å². The maximum atomic E-state index is 11.6. The zero-order valence-electron chi connectivity index (χ0n) is 9.64. The minimum atomic E-state index is -0.397. The summed E-state index contributed by atoms with van der Waals surface area (Å²) in [6, 6.07) is 7.66. The van der Waals surface area contributed by atoms with Crippen LogP contribution >= 0.6 is 11.3 Å². The molecule has 0 fully saturated rings. The third-order valence-corrected chi connectivity index (χ3v) is 3.99. The van der Waals surface area contributed by atoms with Crippen LogP contribution in [0.3, 0.4) is 0 Å². The summed E-state index contributed by atoms with van der Waals surface area (Å²) in [5.74, 6) is -0.397. The lowest BCUT2D eigenvalue weighted by atomic mass is 10.1. The molecule has 5 heteroatoms. The zero-order valence-corrected chi connectivity index (χ0v) is 10.5. The second-order valence-corrected chi connectivity index (χ2v) is 4.90. The molecule has 0 aliphatic rings. The maximum absolute atomic E-state index is 11.6. The molecule has 2 heterocycles. The van der Waals surface area contributed by atoms with E-state index in [1.54, 1.807) is 6.20 Å². The van der Waals surface area contributed by atoms with Crippen LogP contribution in [-0.2, 0) is 4.74 Å². The van der Waals surface area contributed by atoms with E-state index in [0.717, 1.165) is 21.0 Å². The molecule has 2 N–H and O–H groups in total. The predicted octanol–water partition coefficient (Wildman–Crippen LogP) is 2.82. The summed E-state index contributed by atoms with van der Waals surface area (Å²) < 4.78 is 5.70. The Balaban J connectivity index is 2.44. The monoisotopic (exact) mass is 258 g/mol. The number of thiophene rings is 1. The number of carbonyl (C=O) groups excluding carboxylic acids is 1. The zero-order chi connectivity index (χ0) is 12.7. The van der Waals surface area contributed by atoms with Crippen molar-refractivity contribution in [3.8, 4) is 0 Å². The van der Waals surface area contributed by atoms with Gasteiger partial charge < -0.3 is 10.5 Å². The minimum Gasteiger partial charge on any atom is -0.465 e. The van der Waals surface area contributed by atoms with Crippen LogP contribution in [0, 0.1) is 0 Å². The van der Waals surface area contributed by atoms with E-state index in [9.17, 15) is 4.79 Å². The highest BCUT2D eigenvalue weighted by Crippen LogP contribution is 2.38. The van der Waals surface area contributed by atoms with Crippen molar-refractivity contribution in [3.63, 3.8) is 0 Å². The van der Waals surface area contributed by atoms with Gasteiger partial charge in [-0.15, -0.1) is 11.3 Å². The molecule has 0 aliphatic heterocycles. The van der Waals surface area contributed by atoms with E-state index in [-0.39, 0.29) is 0 Å². The number of benzene rings is 1. The van der Waals surface area contributed by atoms with Gasteiger partial charge in [-0.25, -0.2) is 4.79 Å². The first-order valence-electron chi connectivity index (χ1n) is 5.36. The number of esters is 1. The molecule has 3 aromatic rings. The van der Waals surface area contributed by atoms with Crippen molar-refractivity contribution in [1.82, 2.24) is 4.98 Å². The Morgan fingerprint density at radius 3 is 3.00 bits per heavy atom. The van der Waals surface area contributed by atoms with Gasteiger partial charge in [0.05, 0.1) is 18.3 Å². The third kappa shape index (κ3) is 1.44. The van der Waals surface area contributed by atoms with E-state index in [4.69, 9.17) is 10.5 Å². The predicted molar refractivity (Wildman–Crippen MR) is 72.9 cm³/mol. The van der Waals surface area contributed by atoms with Crippen LogP contribution in [-0.4, -0.2) is 18.1 Å². The van der Waals surface area contributed by atoms with Crippen LogP contribution in [0.5, 0.6) is 0 Å². The summed E-state index contributed by atoms with van der Waals surface area (Å²) in [6.45, 7) is 0. The van der Waals surface area contributed by atoms with Gasteiger partial charge in [0.1, 0.15) is 4.88 Å². The summed E-state index contributed by atoms with van der Waals surface area (Å²) in [5.41, 5.74) is 7.40. The average Bonchev–Trinajstić information content (AvgIpc) is 2.76. The normalized spacial score (nSPS) is 10.9. The smallest absolute Gasteiger partial charge is 0.350 e. The highest BCUT2D eigenvalue weighted by molar-refractivity contribution is 7.21. The quantitative estimate of drug-likeness (QED) is 0.682. The number of rotatable bonds is 1. The number of ether oxygens (including phenoxy) is 1. The lowest BCUT2D eigenvalue weighted by Gasteiger charge is -2.00. The maximum Gasteiger partial charge on any atom is 0.350 e. The van der Waals surface area contributed by atoms with E-state index < -0.39 is 5.97 Å². The van der Waals surface area contributed by atoms with Crippen LogP contribution in [0.4, 0.5) is 5.69 Å². The van der Waals surface area contributed by atoms with Gasteiger partial charge in [0.15, 0.2) is 0 Å². The number of fused-ring (bicyclic) bond motifs is 3. The highest BCUT2D eigenvalue weighted by Gasteiger charge is 2.18. The van der Waals surface area contributed by atoms with Crippen molar-refractivity contribution in [3.05, 3.63) is 35.3 Å². The van der Waals surface area contributed by atoms with Crippen LogP contribution in [0.15, 0.2) is 30.5 Å². The van der Waals surface area contributed by atoms with E-state index in [2.05, 4.69) is 4.98 Å². The summed E-state index contributed by atoms with van der Waals surface area (Å²) in [7, 11) is 1.35. The molecule has 0 bridgehead atoms. The van der Waals surface area contributed by atoms with Crippen LogP contribution in [0.1, 0.15) is 9.67 Å². The number of anilines is 1. The van der Waals surface area contributed by atoms with Gasteiger partial charge in [-0.1, -0.05) is 6.07 Å². The number of aromatic nitrogens is 1. The first-order chi connectivity index (χ1) is 8.72. The number of hydrogen-bond donors (Lipinski definition) is 1. The largest absolute Gasteiger partial charge is 0.465 e. The molecule has 1 aromatic carbocycles. The molecular weight excluding hydrogens is 248 g/mol. The Hall–Kier alpha value is -2.14. The fourth-order valence-electron chi connectivity index (χ4n) is 2.02. The number of pyridine rings is 1. The molecule has 0 saturated carbocycles. The van der Waals surface area contributed by atoms with Crippen molar-refractivity contribution >= 4 is 44.0 Å². The van der Waals surface area contributed by atoms with Gasteiger partial charge in [-0.2, -0.15) is 0 Å². The van der Waals surface area contributed by atoms with Crippen molar-refractivity contribution in [1.29, 1.82) is 0 Å². The molecule has 0 spiro atoms. The standard InChI is InChI=1S/C13H10N2O2S/c1-17-13(16)12-11(14)10-7-3-2-6-15-8(7)4-5-9(10)18-12/h2-6H,14H2,1H3. The molecule has 18 heavy (non-hydrogen) atoms. The Bertz CT molecular complexity index is 764. The van der Waals surface area contributed by atoms with Crippen molar-refractivity contribution in [2.24, 2.45) is 0 Å². The number of carbonyl (C=O) groups is 1. The van der Waals surface area contributed by atoms with E-state index in [1.165, 1.54) is 18.4 Å². The number of nitrogen functional groups attached to an aromatic ring is 1. The highest BCUT2D eigenvalue weighted by atomic mass is 32.1. The Morgan fingerprint density at radius 2 is 2.22 bits per heavy atom. The molecule has 0 radical (unpaired) electrons. The number of hydrogen-bond acceptors (Lipinski definition) is 5. The van der Waals surface area contributed by atoms with Gasteiger partial charge in [-0.05, 0) is 18.2 Å². The van der Waals surface area contributed by atoms with Crippen LogP contribution in [0.2, 0.25) is 0 Å². The second kappa shape index (κ2) is 3.96.